The highest BCUT2D eigenvalue weighted by Gasteiger charge is 2.33. The number of nitrogens with zero attached hydrogens (tertiary/aromatic N) is 1. The van der Waals surface area contributed by atoms with E-state index in [2.05, 4.69) is 0 Å². The summed E-state index contributed by atoms with van der Waals surface area (Å²) in [4.78, 5) is 15.5. The third-order valence-electron chi connectivity index (χ3n) is 5.27. The van der Waals surface area contributed by atoms with E-state index in [0.717, 1.165) is 40.4 Å². The minimum Gasteiger partial charge on any atom is -0.338 e. The van der Waals surface area contributed by atoms with Gasteiger partial charge in [-0.3, -0.25) is 4.79 Å². The molecule has 0 bridgehead atoms. The van der Waals surface area contributed by atoms with Crippen molar-refractivity contribution in [2.24, 2.45) is 11.8 Å². The molecule has 2 atom stereocenters. The Morgan fingerprint density at radius 1 is 1.14 bits per heavy atom. The van der Waals surface area contributed by atoms with Crippen LogP contribution in [0.3, 0.4) is 0 Å². The van der Waals surface area contributed by atoms with Gasteiger partial charge in [-0.1, -0.05) is 19.3 Å². The van der Waals surface area contributed by atoms with Crippen LogP contribution in [0.5, 0.6) is 0 Å². The van der Waals surface area contributed by atoms with E-state index in [0.29, 0.717) is 5.92 Å². The maximum absolute atomic E-state index is 13.3. The Bertz CT molecular complexity index is 710. The molecule has 2 aliphatic rings. The predicted octanol–water partition coefficient (Wildman–Crippen LogP) is 4.69. The van der Waals surface area contributed by atoms with Crippen molar-refractivity contribution in [3.63, 3.8) is 0 Å². The number of piperidine rings is 1. The fraction of sp³-hybridized carbons (Fsp3) is 0.500. The summed E-state index contributed by atoms with van der Waals surface area (Å²) in [5.41, 5.74) is 0. The molecule has 1 aromatic heterocycles. The largest absolute Gasteiger partial charge is 0.338 e. The van der Waals surface area contributed by atoms with Gasteiger partial charge in [0.2, 0.25) is 0 Å². The quantitative estimate of drug-likeness (QED) is 0.747. The molecule has 0 spiro atoms. The highest BCUT2D eigenvalue weighted by atomic mass is 32.1. The van der Waals surface area contributed by atoms with E-state index in [1.807, 2.05) is 11.0 Å². The van der Waals surface area contributed by atoms with E-state index in [9.17, 15) is 9.18 Å². The van der Waals surface area contributed by atoms with E-state index in [1.165, 1.54) is 49.2 Å². The molecule has 4 rings (SSSR count). The zero-order valence-electron chi connectivity index (χ0n) is 12.6. The SMILES string of the molecule is O=C(c1cc2cc(F)ccc2s1)N1CC[C@@H]2CCCC[C@H]2C1. The van der Waals surface area contributed by atoms with Gasteiger partial charge >= 0.3 is 0 Å². The summed E-state index contributed by atoms with van der Waals surface area (Å²) in [6.07, 6.45) is 6.43. The zero-order valence-corrected chi connectivity index (χ0v) is 13.4. The van der Waals surface area contributed by atoms with Crippen molar-refractivity contribution in [2.75, 3.05) is 13.1 Å². The normalized spacial score (nSPS) is 25.2. The second kappa shape index (κ2) is 5.65. The van der Waals surface area contributed by atoms with Gasteiger partial charge in [0, 0.05) is 17.8 Å². The van der Waals surface area contributed by atoms with Gasteiger partial charge in [-0.2, -0.15) is 0 Å². The van der Waals surface area contributed by atoms with Crippen LogP contribution in [0.2, 0.25) is 0 Å². The topological polar surface area (TPSA) is 20.3 Å². The van der Waals surface area contributed by atoms with Gasteiger partial charge in [0.1, 0.15) is 5.82 Å². The molecule has 1 saturated heterocycles. The van der Waals surface area contributed by atoms with Crippen LogP contribution in [0.1, 0.15) is 41.8 Å². The maximum Gasteiger partial charge on any atom is 0.263 e. The van der Waals surface area contributed by atoms with Crippen molar-refractivity contribution >= 4 is 27.3 Å². The lowest BCUT2D eigenvalue weighted by Gasteiger charge is -2.41. The molecular weight excluding hydrogens is 297 g/mol. The van der Waals surface area contributed by atoms with E-state index >= 15 is 0 Å². The second-order valence-electron chi connectivity index (χ2n) is 6.64. The summed E-state index contributed by atoms with van der Waals surface area (Å²) in [5.74, 6) is 1.41. The lowest BCUT2D eigenvalue weighted by molar-refractivity contribution is 0.0525. The number of carbonyl (C=O) groups is 1. The summed E-state index contributed by atoms with van der Waals surface area (Å²) in [5, 5.41) is 0.834. The molecule has 1 saturated carbocycles. The molecule has 2 aromatic rings. The average molecular weight is 317 g/mol. The first kappa shape index (κ1) is 14.2. The van der Waals surface area contributed by atoms with Crippen molar-refractivity contribution in [1.29, 1.82) is 0 Å². The molecule has 1 aliphatic carbocycles. The van der Waals surface area contributed by atoms with Gasteiger partial charge in [-0.25, -0.2) is 4.39 Å². The third kappa shape index (κ3) is 2.54. The fourth-order valence-electron chi connectivity index (χ4n) is 4.06. The van der Waals surface area contributed by atoms with Crippen LogP contribution in [0, 0.1) is 17.7 Å². The molecule has 22 heavy (non-hydrogen) atoms. The Balaban J connectivity index is 1.55. The highest BCUT2D eigenvalue weighted by molar-refractivity contribution is 7.20. The molecule has 116 valence electrons. The van der Waals surface area contributed by atoms with Crippen LogP contribution in [-0.2, 0) is 0 Å². The Hall–Kier alpha value is -1.42. The summed E-state index contributed by atoms with van der Waals surface area (Å²) < 4.78 is 14.3. The molecule has 4 heteroatoms. The van der Waals surface area contributed by atoms with Crippen molar-refractivity contribution < 1.29 is 9.18 Å². The molecule has 2 fully saturated rings. The van der Waals surface area contributed by atoms with Gasteiger partial charge in [-0.15, -0.1) is 11.3 Å². The van der Waals surface area contributed by atoms with Crippen LogP contribution in [0.25, 0.3) is 10.1 Å². The Labute approximate surface area is 133 Å². The van der Waals surface area contributed by atoms with Gasteiger partial charge in [0.15, 0.2) is 0 Å². The first-order valence-electron chi connectivity index (χ1n) is 8.19. The predicted molar refractivity (Wildman–Crippen MR) is 87.8 cm³/mol. The molecule has 1 aliphatic heterocycles. The number of hydrogen-bond donors (Lipinski definition) is 0. The minimum atomic E-state index is -0.243. The van der Waals surface area contributed by atoms with Crippen LogP contribution in [-0.4, -0.2) is 23.9 Å². The minimum absolute atomic E-state index is 0.130. The van der Waals surface area contributed by atoms with Gasteiger partial charge in [-0.05, 0) is 54.3 Å². The highest BCUT2D eigenvalue weighted by Crippen LogP contribution is 2.37. The Kier molecular flexibility index (Phi) is 3.65. The summed E-state index contributed by atoms with van der Waals surface area (Å²) >= 11 is 1.48. The number of amides is 1. The number of carbonyl (C=O) groups excluding carboxylic acids is 1. The van der Waals surface area contributed by atoms with Crippen LogP contribution >= 0.6 is 11.3 Å². The molecule has 1 aromatic carbocycles. The maximum atomic E-state index is 13.3. The summed E-state index contributed by atoms with van der Waals surface area (Å²) in [6.45, 7) is 1.79. The average Bonchev–Trinajstić information content (AvgIpc) is 2.96. The second-order valence-corrected chi connectivity index (χ2v) is 7.72. The first-order valence-corrected chi connectivity index (χ1v) is 9.01. The Morgan fingerprint density at radius 3 is 2.82 bits per heavy atom. The molecule has 0 N–H and O–H groups in total. The first-order chi connectivity index (χ1) is 10.7. The van der Waals surface area contributed by atoms with Gasteiger partial charge in [0.25, 0.3) is 5.91 Å². The molecule has 2 heterocycles. The lowest BCUT2D eigenvalue weighted by atomic mass is 9.75. The smallest absolute Gasteiger partial charge is 0.263 e. The number of benzene rings is 1. The van der Waals surface area contributed by atoms with E-state index < -0.39 is 0 Å². The van der Waals surface area contributed by atoms with Crippen LogP contribution in [0.15, 0.2) is 24.3 Å². The fourth-order valence-corrected chi connectivity index (χ4v) is 5.07. The number of rotatable bonds is 1. The third-order valence-corrected chi connectivity index (χ3v) is 6.37. The zero-order chi connectivity index (χ0) is 15.1. The van der Waals surface area contributed by atoms with E-state index in [4.69, 9.17) is 0 Å². The van der Waals surface area contributed by atoms with Crippen molar-refractivity contribution in [2.45, 2.75) is 32.1 Å². The molecule has 1 amide bonds. The lowest BCUT2D eigenvalue weighted by Crippen LogP contribution is -2.44. The van der Waals surface area contributed by atoms with Crippen molar-refractivity contribution in [3.05, 3.63) is 35.0 Å². The standard InChI is InChI=1S/C18H20FNOS/c19-15-5-6-16-14(9-15)10-17(22-16)18(21)20-8-7-12-3-1-2-4-13(12)11-20/h5-6,9-10,12-13H,1-4,7-8,11H2/t12-,13-/m0/s1. The molecule has 0 unspecified atom stereocenters. The number of fused-ring (bicyclic) bond motifs is 2. The number of hydrogen-bond acceptors (Lipinski definition) is 2. The number of thiophene rings is 1. The van der Waals surface area contributed by atoms with E-state index in [-0.39, 0.29) is 11.7 Å². The Morgan fingerprint density at radius 2 is 1.95 bits per heavy atom. The molecule has 0 radical (unpaired) electrons. The van der Waals surface area contributed by atoms with Crippen LogP contribution < -0.4 is 0 Å². The monoisotopic (exact) mass is 317 g/mol. The van der Waals surface area contributed by atoms with Crippen LogP contribution in [0.4, 0.5) is 4.39 Å². The number of halogens is 1. The summed E-state index contributed by atoms with van der Waals surface area (Å²) in [6, 6.07) is 6.58. The van der Waals surface area contributed by atoms with Gasteiger partial charge in [0.05, 0.1) is 4.88 Å². The summed E-state index contributed by atoms with van der Waals surface area (Å²) in [7, 11) is 0. The van der Waals surface area contributed by atoms with Crippen molar-refractivity contribution in [3.8, 4) is 0 Å². The number of likely N-dealkylation sites (tertiary alicyclic amines) is 1. The molecule has 2 nitrogen and oxygen atoms in total. The molecular formula is C18H20FNOS. The van der Waals surface area contributed by atoms with Crippen molar-refractivity contribution in [1.82, 2.24) is 4.90 Å². The van der Waals surface area contributed by atoms with E-state index in [1.54, 1.807) is 6.07 Å². The van der Waals surface area contributed by atoms with Gasteiger partial charge < -0.3 is 4.90 Å².